The molecule has 0 aliphatic carbocycles. The summed E-state index contributed by atoms with van der Waals surface area (Å²) >= 11 is 0. The van der Waals surface area contributed by atoms with Crippen molar-refractivity contribution in [1.82, 2.24) is 19.7 Å². The Morgan fingerprint density at radius 2 is 1.68 bits per heavy atom. The molecule has 5 rings (SSSR count). The summed E-state index contributed by atoms with van der Waals surface area (Å²) in [6.07, 6.45) is 4.80. The number of fused-ring (bicyclic) bond motifs is 1. The molecule has 4 heterocycles. The molecule has 3 unspecified atom stereocenters. The Morgan fingerprint density at radius 3 is 2.35 bits per heavy atom. The largest absolute Gasteiger partial charge is 0.368 e. The molecule has 1 aromatic heterocycles. The Hall–Kier alpha value is -3.75. The van der Waals surface area contributed by atoms with Crippen LogP contribution in [0.2, 0.25) is 0 Å². The normalized spacial score (nSPS) is 21.6. The van der Waals surface area contributed by atoms with Gasteiger partial charge >= 0.3 is 0 Å². The number of aromatic nitrogens is 1. The third-order valence-corrected chi connectivity index (χ3v) is 8.38. The highest BCUT2D eigenvalue weighted by atomic mass is 16.2. The van der Waals surface area contributed by atoms with Crippen molar-refractivity contribution in [3.05, 3.63) is 60.4 Å². The van der Waals surface area contributed by atoms with E-state index in [1.165, 1.54) is 0 Å². The number of hydrogen-bond acceptors (Lipinski definition) is 6. The molecule has 3 saturated heterocycles. The zero-order valence-corrected chi connectivity index (χ0v) is 23.4. The molecule has 0 bridgehead atoms. The maximum atomic E-state index is 13.9. The first-order valence-corrected chi connectivity index (χ1v) is 14.4. The van der Waals surface area contributed by atoms with Gasteiger partial charge in [-0.15, -0.1) is 0 Å². The van der Waals surface area contributed by atoms with E-state index in [0.29, 0.717) is 32.5 Å². The lowest BCUT2D eigenvalue weighted by Crippen LogP contribution is -2.50. The Labute approximate surface area is 236 Å². The number of Topliss-reactive ketones (excluding diaryl/α,β-unsaturated/α-hetero) is 1. The van der Waals surface area contributed by atoms with Crippen molar-refractivity contribution in [2.45, 2.75) is 51.6 Å². The monoisotopic (exact) mass is 545 g/mol. The predicted molar refractivity (Wildman–Crippen MR) is 151 cm³/mol. The van der Waals surface area contributed by atoms with E-state index in [2.05, 4.69) is 35.9 Å². The molecule has 1 aromatic carbocycles. The van der Waals surface area contributed by atoms with Gasteiger partial charge in [0.05, 0.1) is 19.0 Å². The van der Waals surface area contributed by atoms with E-state index >= 15 is 0 Å². The number of rotatable bonds is 8. The van der Waals surface area contributed by atoms with Gasteiger partial charge in [0.15, 0.2) is 5.78 Å². The zero-order chi connectivity index (χ0) is 28.2. The van der Waals surface area contributed by atoms with Gasteiger partial charge in [-0.2, -0.15) is 0 Å². The Balaban J connectivity index is 1.21. The van der Waals surface area contributed by atoms with Crippen LogP contribution in [0.3, 0.4) is 0 Å². The highest BCUT2D eigenvalue weighted by Crippen LogP contribution is 2.33. The van der Waals surface area contributed by atoms with Crippen LogP contribution >= 0.6 is 0 Å². The number of hydrogen-bond donors (Lipinski definition) is 0. The highest BCUT2D eigenvalue weighted by molar-refractivity contribution is 5.98. The molecular weight excluding hydrogens is 506 g/mol. The number of pyridine rings is 1. The van der Waals surface area contributed by atoms with Gasteiger partial charge in [0.1, 0.15) is 6.04 Å². The van der Waals surface area contributed by atoms with Gasteiger partial charge in [-0.25, -0.2) is 0 Å². The SMILES string of the molecule is CC(C)CC(CC(=O)N1CCN(c2ccccc2)CC1)C(=O)N1CCC2C1C(=O)CN2C(=O)Cc1cccnc1. The van der Waals surface area contributed by atoms with Crippen molar-refractivity contribution in [1.29, 1.82) is 0 Å². The van der Waals surface area contributed by atoms with Crippen LogP contribution in [-0.2, 0) is 25.6 Å². The lowest BCUT2D eigenvalue weighted by molar-refractivity contribution is -0.144. The van der Waals surface area contributed by atoms with Crippen LogP contribution in [0.25, 0.3) is 0 Å². The fraction of sp³-hybridized carbons (Fsp3) is 0.516. The molecule has 40 heavy (non-hydrogen) atoms. The lowest BCUT2D eigenvalue weighted by atomic mass is 9.91. The number of nitrogens with zero attached hydrogens (tertiary/aromatic N) is 5. The van der Waals surface area contributed by atoms with E-state index in [1.807, 2.05) is 29.2 Å². The van der Waals surface area contributed by atoms with Gasteiger partial charge in [-0.05, 0) is 42.5 Å². The summed E-state index contributed by atoms with van der Waals surface area (Å²) in [6.45, 7) is 7.31. The molecule has 3 fully saturated rings. The van der Waals surface area contributed by atoms with Gasteiger partial charge in [0, 0.05) is 63.1 Å². The average molecular weight is 546 g/mol. The zero-order valence-electron chi connectivity index (χ0n) is 23.4. The number of carbonyl (C=O) groups is 4. The minimum atomic E-state index is -0.621. The smallest absolute Gasteiger partial charge is 0.227 e. The average Bonchev–Trinajstić information content (AvgIpc) is 3.54. The molecule has 3 amide bonds. The van der Waals surface area contributed by atoms with Crippen LogP contribution in [0.5, 0.6) is 0 Å². The molecule has 3 aliphatic heterocycles. The van der Waals surface area contributed by atoms with E-state index in [9.17, 15) is 19.2 Å². The fourth-order valence-electron chi connectivity index (χ4n) is 6.44. The van der Waals surface area contributed by atoms with Crippen molar-refractivity contribution >= 4 is 29.2 Å². The minimum absolute atomic E-state index is 0.00604. The van der Waals surface area contributed by atoms with E-state index in [4.69, 9.17) is 0 Å². The van der Waals surface area contributed by atoms with Crippen LogP contribution in [0, 0.1) is 11.8 Å². The van der Waals surface area contributed by atoms with Crippen molar-refractivity contribution in [2.24, 2.45) is 11.8 Å². The summed E-state index contributed by atoms with van der Waals surface area (Å²) < 4.78 is 0. The van der Waals surface area contributed by atoms with Gasteiger partial charge in [0.2, 0.25) is 17.7 Å². The molecule has 212 valence electrons. The summed E-state index contributed by atoms with van der Waals surface area (Å²) in [5.41, 5.74) is 1.95. The third kappa shape index (κ3) is 6.03. The standard InChI is InChI=1S/C31H39N5O4/c1-22(2)17-24(19-28(38)34-15-13-33(14-16-34)25-8-4-3-5-9-25)31(40)35-12-10-26-30(35)27(37)21-36(26)29(39)18-23-7-6-11-32-20-23/h3-9,11,20,22,24,26,30H,10,12-19,21H2,1-2H3. The van der Waals surface area contributed by atoms with Crippen molar-refractivity contribution in [3.8, 4) is 0 Å². The molecule has 0 radical (unpaired) electrons. The second-order valence-corrected chi connectivity index (χ2v) is 11.6. The number of carbonyl (C=O) groups excluding carboxylic acids is 4. The van der Waals surface area contributed by atoms with Crippen LogP contribution in [-0.4, -0.2) is 94.5 Å². The molecule has 0 N–H and O–H groups in total. The molecule has 9 heteroatoms. The Kier molecular flexibility index (Phi) is 8.47. The number of para-hydroxylation sites is 1. The number of amides is 3. The number of anilines is 1. The first-order chi connectivity index (χ1) is 19.3. The first-order valence-electron chi connectivity index (χ1n) is 14.4. The van der Waals surface area contributed by atoms with E-state index in [0.717, 1.165) is 24.3 Å². The van der Waals surface area contributed by atoms with Crippen molar-refractivity contribution < 1.29 is 19.2 Å². The van der Waals surface area contributed by atoms with Crippen LogP contribution < -0.4 is 4.90 Å². The molecule has 3 aliphatic rings. The molecule has 0 spiro atoms. The van der Waals surface area contributed by atoms with Gasteiger partial charge in [-0.3, -0.25) is 24.2 Å². The Morgan fingerprint density at radius 1 is 0.925 bits per heavy atom. The fourth-order valence-corrected chi connectivity index (χ4v) is 6.44. The van der Waals surface area contributed by atoms with Crippen LogP contribution in [0.15, 0.2) is 54.9 Å². The van der Waals surface area contributed by atoms with E-state index in [-0.39, 0.29) is 54.9 Å². The number of benzene rings is 1. The van der Waals surface area contributed by atoms with Crippen molar-refractivity contribution in [2.75, 3.05) is 44.2 Å². The lowest BCUT2D eigenvalue weighted by Gasteiger charge is -2.37. The second kappa shape index (κ2) is 12.2. The van der Waals surface area contributed by atoms with E-state index in [1.54, 1.807) is 28.3 Å². The second-order valence-electron chi connectivity index (χ2n) is 11.6. The van der Waals surface area contributed by atoms with Gasteiger partial charge < -0.3 is 19.6 Å². The van der Waals surface area contributed by atoms with Crippen LogP contribution in [0.4, 0.5) is 5.69 Å². The molecule has 0 saturated carbocycles. The number of likely N-dealkylation sites (tertiary alicyclic amines) is 2. The highest BCUT2D eigenvalue weighted by Gasteiger charge is 2.52. The number of piperazine rings is 1. The third-order valence-electron chi connectivity index (χ3n) is 8.38. The summed E-state index contributed by atoms with van der Waals surface area (Å²) in [5, 5.41) is 0. The molecule has 3 atom stereocenters. The minimum Gasteiger partial charge on any atom is -0.368 e. The first kappa shape index (κ1) is 27.8. The summed E-state index contributed by atoms with van der Waals surface area (Å²) in [4.78, 5) is 65.0. The van der Waals surface area contributed by atoms with Gasteiger partial charge in [0.25, 0.3) is 0 Å². The Bertz CT molecular complexity index is 1210. The molecular formula is C31H39N5O4. The van der Waals surface area contributed by atoms with Crippen LogP contribution in [0.1, 0.15) is 38.7 Å². The van der Waals surface area contributed by atoms with E-state index < -0.39 is 12.0 Å². The van der Waals surface area contributed by atoms with Crippen molar-refractivity contribution in [3.63, 3.8) is 0 Å². The van der Waals surface area contributed by atoms with Gasteiger partial charge in [-0.1, -0.05) is 38.1 Å². The summed E-state index contributed by atoms with van der Waals surface area (Å²) in [6, 6.07) is 12.9. The summed E-state index contributed by atoms with van der Waals surface area (Å²) in [5.74, 6) is -0.604. The maximum Gasteiger partial charge on any atom is 0.227 e. The molecule has 9 nitrogen and oxygen atoms in total. The molecule has 2 aromatic rings. The summed E-state index contributed by atoms with van der Waals surface area (Å²) in [7, 11) is 0. The number of ketones is 1. The quantitative estimate of drug-likeness (QED) is 0.506. The topological polar surface area (TPSA) is 94.1 Å². The predicted octanol–water partition coefficient (Wildman–Crippen LogP) is 2.41. The maximum absolute atomic E-state index is 13.9.